The predicted octanol–water partition coefficient (Wildman–Crippen LogP) is 2.22. The van der Waals surface area contributed by atoms with Crippen molar-refractivity contribution in [3.63, 3.8) is 0 Å². The molecular formula is C13H20N2O2S. The molecule has 1 aromatic heterocycles. The molecule has 5 heteroatoms. The maximum atomic E-state index is 11.1. The largest absolute Gasteiger partial charge is 0.481 e. The summed E-state index contributed by atoms with van der Waals surface area (Å²) in [7, 11) is 2.13. The smallest absolute Gasteiger partial charge is 0.309 e. The first kappa shape index (κ1) is 13.5. The highest BCUT2D eigenvalue weighted by atomic mass is 32.1. The molecule has 0 spiro atoms. The average molecular weight is 268 g/mol. The fourth-order valence-electron chi connectivity index (χ4n) is 2.22. The normalized spacial score (nSPS) is 21.4. The molecule has 2 rings (SSSR count). The summed E-state index contributed by atoms with van der Waals surface area (Å²) in [5.74, 6) is -0.243. The summed E-state index contributed by atoms with van der Waals surface area (Å²) in [6.07, 6.45) is 1.66. The van der Waals surface area contributed by atoms with Gasteiger partial charge in [-0.3, -0.25) is 4.79 Å². The summed E-state index contributed by atoms with van der Waals surface area (Å²) in [5, 5.41) is 12.2. The van der Waals surface area contributed by atoms with E-state index in [-0.39, 0.29) is 0 Å². The minimum absolute atomic E-state index is 0.509. The molecule has 1 aliphatic heterocycles. The Hall–Kier alpha value is -0.940. The second-order valence-corrected chi connectivity index (χ2v) is 6.72. The van der Waals surface area contributed by atoms with Gasteiger partial charge in [0.15, 0.2) is 0 Å². The zero-order chi connectivity index (χ0) is 13.3. The Morgan fingerprint density at radius 3 is 2.94 bits per heavy atom. The fraction of sp³-hybridized carbons (Fsp3) is 0.692. The predicted molar refractivity (Wildman–Crippen MR) is 72.1 cm³/mol. The van der Waals surface area contributed by atoms with Crippen LogP contribution in [0, 0.1) is 5.41 Å². The Bertz CT molecular complexity index is 442. The van der Waals surface area contributed by atoms with Gasteiger partial charge in [-0.25, -0.2) is 4.98 Å². The van der Waals surface area contributed by atoms with Crippen LogP contribution in [0.2, 0.25) is 0 Å². The van der Waals surface area contributed by atoms with Gasteiger partial charge in [-0.05, 0) is 33.9 Å². The van der Waals surface area contributed by atoms with E-state index < -0.39 is 11.4 Å². The van der Waals surface area contributed by atoms with Crippen molar-refractivity contribution in [1.82, 2.24) is 9.88 Å². The van der Waals surface area contributed by atoms with Gasteiger partial charge in [-0.2, -0.15) is 0 Å². The number of nitrogens with zero attached hydrogens (tertiary/aromatic N) is 2. The van der Waals surface area contributed by atoms with E-state index in [0.29, 0.717) is 12.3 Å². The van der Waals surface area contributed by atoms with Crippen molar-refractivity contribution in [3.05, 3.63) is 16.1 Å². The molecule has 0 saturated carbocycles. The fourth-order valence-corrected chi connectivity index (χ4v) is 3.33. The van der Waals surface area contributed by atoms with Crippen molar-refractivity contribution in [2.75, 3.05) is 20.1 Å². The number of aliphatic carboxylic acids is 1. The van der Waals surface area contributed by atoms with E-state index in [1.807, 2.05) is 0 Å². The van der Waals surface area contributed by atoms with E-state index in [2.05, 4.69) is 22.3 Å². The molecule has 1 unspecified atom stereocenters. The Morgan fingerprint density at radius 1 is 1.67 bits per heavy atom. The van der Waals surface area contributed by atoms with Crippen molar-refractivity contribution in [1.29, 1.82) is 0 Å². The number of carbonyl (C=O) groups is 1. The maximum Gasteiger partial charge on any atom is 0.309 e. The van der Waals surface area contributed by atoms with Crippen LogP contribution in [0.4, 0.5) is 0 Å². The van der Waals surface area contributed by atoms with Crippen LogP contribution in [0.15, 0.2) is 5.38 Å². The van der Waals surface area contributed by atoms with Crippen LogP contribution in [0.25, 0.3) is 0 Å². The number of hydrogen-bond acceptors (Lipinski definition) is 4. The minimum atomic E-state index is -0.764. The van der Waals surface area contributed by atoms with Gasteiger partial charge < -0.3 is 10.0 Å². The Balaban J connectivity index is 2.04. The van der Waals surface area contributed by atoms with Crippen molar-refractivity contribution < 1.29 is 9.90 Å². The van der Waals surface area contributed by atoms with Crippen molar-refractivity contribution in [2.24, 2.45) is 5.41 Å². The second-order valence-electron chi connectivity index (χ2n) is 5.78. The Labute approximate surface area is 112 Å². The third-order valence-electron chi connectivity index (χ3n) is 3.55. The number of likely N-dealkylation sites (N-methyl/N-ethyl adjacent to an activating group) is 1. The zero-order valence-corrected chi connectivity index (χ0v) is 12.0. The highest BCUT2D eigenvalue weighted by Crippen LogP contribution is 2.30. The van der Waals surface area contributed by atoms with Crippen molar-refractivity contribution in [2.45, 2.75) is 32.6 Å². The first-order valence-corrected chi connectivity index (χ1v) is 7.13. The molecular weight excluding hydrogens is 248 g/mol. The SMILES string of the molecule is CN1CCC(c2csc(CC(C)(C)C(=O)O)n2)C1. The van der Waals surface area contributed by atoms with Gasteiger partial charge in [0.25, 0.3) is 0 Å². The number of hydrogen-bond donors (Lipinski definition) is 1. The molecule has 1 fully saturated rings. The van der Waals surface area contributed by atoms with E-state index in [4.69, 9.17) is 5.11 Å². The standard InChI is InChI=1S/C13H20N2O2S/c1-13(2,12(16)17)6-11-14-10(8-18-11)9-4-5-15(3)7-9/h8-9H,4-7H2,1-3H3,(H,16,17). The molecule has 4 nitrogen and oxygen atoms in total. The summed E-state index contributed by atoms with van der Waals surface area (Å²) in [5.41, 5.74) is 0.405. The van der Waals surface area contributed by atoms with Gasteiger partial charge in [-0.1, -0.05) is 0 Å². The summed E-state index contributed by atoms with van der Waals surface area (Å²) in [6, 6.07) is 0. The van der Waals surface area contributed by atoms with E-state index in [0.717, 1.165) is 30.2 Å². The van der Waals surface area contributed by atoms with Gasteiger partial charge in [0, 0.05) is 24.3 Å². The summed E-state index contributed by atoms with van der Waals surface area (Å²) in [4.78, 5) is 18.0. The third kappa shape index (κ3) is 2.90. The molecule has 100 valence electrons. The van der Waals surface area contributed by atoms with Gasteiger partial charge in [0.2, 0.25) is 0 Å². The minimum Gasteiger partial charge on any atom is -0.481 e. The molecule has 1 atom stereocenters. The summed E-state index contributed by atoms with van der Waals surface area (Å²) in [6.45, 7) is 5.68. The lowest BCUT2D eigenvalue weighted by Crippen LogP contribution is -2.26. The first-order chi connectivity index (χ1) is 8.38. The van der Waals surface area contributed by atoms with Crippen LogP contribution < -0.4 is 0 Å². The number of likely N-dealkylation sites (tertiary alicyclic amines) is 1. The first-order valence-electron chi connectivity index (χ1n) is 6.25. The quantitative estimate of drug-likeness (QED) is 0.909. The second kappa shape index (κ2) is 4.97. The number of carboxylic acids is 1. The third-order valence-corrected chi connectivity index (χ3v) is 4.42. The van der Waals surface area contributed by atoms with E-state index in [9.17, 15) is 4.79 Å². The number of carboxylic acid groups (broad SMARTS) is 1. The van der Waals surface area contributed by atoms with Gasteiger partial charge in [0.05, 0.1) is 16.1 Å². The maximum absolute atomic E-state index is 11.1. The topological polar surface area (TPSA) is 53.4 Å². The van der Waals surface area contributed by atoms with E-state index in [1.165, 1.54) is 0 Å². The van der Waals surface area contributed by atoms with Crippen LogP contribution in [0.5, 0.6) is 0 Å². The van der Waals surface area contributed by atoms with Crippen LogP contribution in [0.1, 0.15) is 36.9 Å². The molecule has 1 saturated heterocycles. The molecule has 18 heavy (non-hydrogen) atoms. The average Bonchev–Trinajstić information content (AvgIpc) is 2.86. The number of thiazole rings is 1. The van der Waals surface area contributed by atoms with Gasteiger partial charge >= 0.3 is 5.97 Å². The molecule has 0 radical (unpaired) electrons. The lowest BCUT2D eigenvalue weighted by molar-refractivity contribution is -0.146. The Morgan fingerprint density at radius 2 is 2.39 bits per heavy atom. The number of aromatic nitrogens is 1. The van der Waals surface area contributed by atoms with E-state index in [1.54, 1.807) is 25.2 Å². The zero-order valence-electron chi connectivity index (χ0n) is 11.1. The molecule has 1 N–H and O–H groups in total. The highest BCUT2D eigenvalue weighted by Gasteiger charge is 2.30. The number of rotatable bonds is 4. The Kier molecular flexibility index (Phi) is 3.73. The molecule has 0 bridgehead atoms. The van der Waals surface area contributed by atoms with Crippen molar-refractivity contribution >= 4 is 17.3 Å². The van der Waals surface area contributed by atoms with E-state index >= 15 is 0 Å². The van der Waals surface area contributed by atoms with Gasteiger partial charge in [0.1, 0.15) is 0 Å². The van der Waals surface area contributed by atoms with Crippen molar-refractivity contribution in [3.8, 4) is 0 Å². The van der Waals surface area contributed by atoms with Crippen LogP contribution in [-0.4, -0.2) is 41.1 Å². The molecule has 1 aliphatic rings. The summed E-state index contributed by atoms with van der Waals surface area (Å²) < 4.78 is 0. The van der Waals surface area contributed by atoms with Gasteiger partial charge in [-0.15, -0.1) is 11.3 Å². The lowest BCUT2D eigenvalue weighted by atomic mass is 9.90. The molecule has 0 aliphatic carbocycles. The molecule has 0 amide bonds. The summed E-state index contributed by atoms with van der Waals surface area (Å²) >= 11 is 1.59. The lowest BCUT2D eigenvalue weighted by Gasteiger charge is -2.16. The highest BCUT2D eigenvalue weighted by molar-refractivity contribution is 7.09. The molecule has 2 heterocycles. The van der Waals surface area contributed by atoms with Crippen LogP contribution in [0.3, 0.4) is 0 Å². The van der Waals surface area contributed by atoms with Crippen LogP contribution >= 0.6 is 11.3 Å². The van der Waals surface area contributed by atoms with Crippen LogP contribution in [-0.2, 0) is 11.2 Å². The molecule has 1 aromatic rings. The molecule has 0 aromatic carbocycles. The monoisotopic (exact) mass is 268 g/mol.